The minimum Gasteiger partial charge on any atom is -0.313 e. The van der Waals surface area contributed by atoms with Crippen LogP contribution < -0.4 is 5.32 Å². The van der Waals surface area contributed by atoms with Crippen molar-refractivity contribution >= 4 is 27.5 Å². The van der Waals surface area contributed by atoms with Crippen LogP contribution in [0.5, 0.6) is 0 Å². The number of aryl methyl sites for hydroxylation is 1. The standard InChI is InChI=1S/C16H16BrClFN/c1-10-5-12(8-14(18)6-10)16(20-2)9-11-7-13(17)3-4-15(11)19/h3-8,16,20H,9H2,1-2H3. The lowest BCUT2D eigenvalue weighted by molar-refractivity contribution is 0.554. The molecule has 2 aromatic rings. The molecular formula is C16H16BrClFN. The van der Waals surface area contributed by atoms with E-state index in [2.05, 4.69) is 27.3 Å². The predicted molar refractivity (Wildman–Crippen MR) is 85.8 cm³/mol. The van der Waals surface area contributed by atoms with Crippen molar-refractivity contribution in [1.82, 2.24) is 5.32 Å². The summed E-state index contributed by atoms with van der Waals surface area (Å²) in [6.45, 7) is 2.00. The van der Waals surface area contributed by atoms with E-state index in [1.807, 2.05) is 32.2 Å². The van der Waals surface area contributed by atoms with Crippen LogP contribution in [0.3, 0.4) is 0 Å². The van der Waals surface area contributed by atoms with Gasteiger partial charge in [0.2, 0.25) is 0 Å². The molecule has 0 aliphatic rings. The zero-order valence-electron chi connectivity index (χ0n) is 11.4. The Morgan fingerprint density at radius 2 is 2.00 bits per heavy atom. The lowest BCUT2D eigenvalue weighted by Crippen LogP contribution is -2.19. The second kappa shape index (κ2) is 6.70. The van der Waals surface area contributed by atoms with Crippen LogP contribution in [0.15, 0.2) is 40.9 Å². The molecule has 0 amide bonds. The van der Waals surface area contributed by atoms with Crippen molar-refractivity contribution in [2.75, 3.05) is 7.05 Å². The van der Waals surface area contributed by atoms with Crippen molar-refractivity contribution in [2.45, 2.75) is 19.4 Å². The number of likely N-dealkylation sites (N-methyl/N-ethyl adjacent to an activating group) is 1. The molecule has 2 aromatic carbocycles. The van der Waals surface area contributed by atoms with Crippen molar-refractivity contribution in [2.24, 2.45) is 0 Å². The summed E-state index contributed by atoms with van der Waals surface area (Å²) < 4.78 is 14.7. The zero-order valence-corrected chi connectivity index (χ0v) is 13.7. The molecule has 0 heterocycles. The zero-order chi connectivity index (χ0) is 14.7. The van der Waals surface area contributed by atoms with E-state index in [-0.39, 0.29) is 11.9 Å². The summed E-state index contributed by atoms with van der Waals surface area (Å²) in [6.07, 6.45) is 0.571. The van der Waals surface area contributed by atoms with Crippen LogP contribution in [-0.2, 0) is 6.42 Å². The van der Waals surface area contributed by atoms with E-state index in [0.717, 1.165) is 15.6 Å². The summed E-state index contributed by atoms with van der Waals surface area (Å²) in [6, 6.07) is 10.9. The number of nitrogens with one attached hydrogen (secondary N) is 1. The Hall–Kier alpha value is -0.900. The van der Waals surface area contributed by atoms with E-state index in [1.165, 1.54) is 6.07 Å². The fourth-order valence-electron chi connectivity index (χ4n) is 2.27. The molecule has 1 unspecified atom stereocenters. The average molecular weight is 357 g/mol. The van der Waals surface area contributed by atoms with Gasteiger partial charge in [-0.15, -0.1) is 0 Å². The van der Waals surface area contributed by atoms with Crippen LogP contribution in [0.2, 0.25) is 5.02 Å². The molecule has 20 heavy (non-hydrogen) atoms. The second-order valence-electron chi connectivity index (χ2n) is 4.84. The molecular weight excluding hydrogens is 341 g/mol. The summed E-state index contributed by atoms with van der Waals surface area (Å²) in [5.74, 6) is -0.188. The van der Waals surface area contributed by atoms with Crippen LogP contribution in [-0.4, -0.2) is 7.05 Å². The number of hydrogen-bond donors (Lipinski definition) is 1. The third kappa shape index (κ3) is 3.81. The highest BCUT2D eigenvalue weighted by molar-refractivity contribution is 9.10. The van der Waals surface area contributed by atoms with E-state index in [1.54, 1.807) is 6.07 Å². The molecule has 1 nitrogen and oxygen atoms in total. The van der Waals surface area contributed by atoms with Gasteiger partial charge in [-0.05, 0) is 67.4 Å². The first-order chi connectivity index (χ1) is 9.49. The van der Waals surface area contributed by atoms with Gasteiger partial charge in [0.1, 0.15) is 5.82 Å². The van der Waals surface area contributed by atoms with Gasteiger partial charge in [0.05, 0.1) is 0 Å². The summed E-state index contributed by atoms with van der Waals surface area (Å²) in [4.78, 5) is 0. The summed E-state index contributed by atoms with van der Waals surface area (Å²) in [5.41, 5.74) is 2.84. The van der Waals surface area contributed by atoms with E-state index in [4.69, 9.17) is 11.6 Å². The van der Waals surface area contributed by atoms with E-state index in [0.29, 0.717) is 17.0 Å². The largest absolute Gasteiger partial charge is 0.313 e. The fourth-order valence-corrected chi connectivity index (χ4v) is 2.98. The summed E-state index contributed by atoms with van der Waals surface area (Å²) in [5, 5.41) is 3.93. The third-order valence-electron chi connectivity index (χ3n) is 3.25. The first-order valence-corrected chi connectivity index (χ1v) is 7.55. The van der Waals surface area contributed by atoms with Crippen LogP contribution in [0.4, 0.5) is 4.39 Å². The SMILES string of the molecule is CNC(Cc1cc(Br)ccc1F)c1cc(C)cc(Cl)c1. The highest BCUT2D eigenvalue weighted by atomic mass is 79.9. The van der Waals surface area contributed by atoms with Crippen LogP contribution in [0.25, 0.3) is 0 Å². The van der Waals surface area contributed by atoms with Crippen molar-refractivity contribution < 1.29 is 4.39 Å². The topological polar surface area (TPSA) is 12.0 Å². The highest BCUT2D eigenvalue weighted by Crippen LogP contribution is 2.25. The van der Waals surface area contributed by atoms with E-state index >= 15 is 0 Å². The third-order valence-corrected chi connectivity index (χ3v) is 3.96. The lowest BCUT2D eigenvalue weighted by atomic mass is 9.97. The Balaban J connectivity index is 2.30. The van der Waals surface area contributed by atoms with Crippen molar-refractivity contribution in [1.29, 1.82) is 0 Å². The molecule has 0 spiro atoms. The quantitative estimate of drug-likeness (QED) is 0.808. The maximum atomic E-state index is 13.9. The first-order valence-electron chi connectivity index (χ1n) is 6.38. The number of benzene rings is 2. The molecule has 0 saturated carbocycles. The molecule has 0 bridgehead atoms. The van der Waals surface area contributed by atoms with Crippen molar-refractivity contribution in [3.8, 4) is 0 Å². The Morgan fingerprint density at radius 3 is 2.65 bits per heavy atom. The molecule has 0 saturated heterocycles. The molecule has 106 valence electrons. The number of hydrogen-bond acceptors (Lipinski definition) is 1. The van der Waals surface area contributed by atoms with Gasteiger partial charge in [-0.1, -0.05) is 33.6 Å². The smallest absolute Gasteiger partial charge is 0.126 e. The van der Waals surface area contributed by atoms with Crippen molar-refractivity contribution in [3.63, 3.8) is 0 Å². The van der Waals surface area contributed by atoms with Gasteiger partial charge in [-0.25, -0.2) is 4.39 Å². The molecule has 0 fully saturated rings. The van der Waals surface area contributed by atoms with Gasteiger partial charge in [0.25, 0.3) is 0 Å². The molecule has 0 aliphatic heterocycles. The number of rotatable bonds is 4. The average Bonchev–Trinajstić information content (AvgIpc) is 2.38. The van der Waals surface area contributed by atoms with Gasteiger partial charge >= 0.3 is 0 Å². The Bertz CT molecular complexity index is 595. The lowest BCUT2D eigenvalue weighted by Gasteiger charge is -2.18. The van der Waals surface area contributed by atoms with Crippen LogP contribution in [0, 0.1) is 12.7 Å². The fraction of sp³-hybridized carbons (Fsp3) is 0.250. The van der Waals surface area contributed by atoms with Gasteiger partial charge in [0.15, 0.2) is 0 Å². The number of halogens is 3. The Labute approximate surface area is 132 Å². The molecule has 1 atom stereocenters. The summed E-state index contributed by atoms with van der Waals surface area (Å²) >= 11 is 9.48. The molecule has 0 aliphatic carbocycles. The maximum absolute atomic E-state index is 13.9. The second-order valence-corrected chi connectivity index (χ2v) is 6.20. The molecule has 4 heteroatoms. The van der Waals surface area contributed by atoms with Gasteiger partial charge in [0, 0.05) is 15.5 Å². The highest BCUT2D eigenvalue weighted by Gasteiger charge is 2.14. The normalized spacial score (nSPS) is 12.4. The maximum Gasteiger partial charge on any atom is 0.126 e. The van der Waals surface area contributed by atoms with E-state index in [9.17, 15) is 4.39 Å². The van der Waals surface area contributed by atoms with Crippen LogP contribution >= 0.6 is 27.5 Å². The summed E-state index contributed by atoms with van der Waals surface area (Å²) in [7, 11) is 1.87. The van der Waals surface area contributed by atoms with E-state index < -0.39 is 0 Å². The predicted octanol–water partition coefficient (Wildman–Crippen LogP) is 5.05. The molecule has 0 aromatic heterocycles. The van der Waals surface area contributed by atoms with Crippen LogP contribution in [0.1, 0.15) is 22.7 Å². The Kier molecular flexibility index (Phi) is 5.19. The first kappa shape index (κ1) is 15.5. The van der Waals surface area contributed by atoms with Gasteiger partial charge in [-0.3, -0.25) is 0 Å². The monoisotopic (exact) mass is 355 g/mol. The Morgan fingerprint density at radius 1 is 1.25 bits per heavy atom. The molecule has 1 N–H and O–H groups in total. The minimum absolute atomic E-state index is 0.0243. The molecule has 2 rings (SSSR count). The van der Waals surface area contributed by atoms with Gasteiger partial charge < -0.3 is 5.32 Å². The molecule has 0 radical (unpaired) electrons. The van der Waals surface area contributed by atoms with Gasteiger partial charge in [-0.2, -0.15) is 0 Å². The minimum atomic E-state index is -0.188. The van der Waals surface area contributed by atoms with Crippen molar-refractivity contribution in [3.05, 3.63) is 68.4 Å².